The number of esters is 2. The molecule has 0 saturated heterocycles. The molecular weight excluding hydrogens is 468 g/mol. The fraction of sp³-hybridized carbons (Fsp3) is 0.148. The van der Waals surface area contributed by atoms with Crippen molar-refractivity contribution in [1.82, 2.24) is 0 Å². The van der Waals surface area contributed by atoms with E-state index < -0.39 is 17.4 Å². The molecule has 3 aromatic carbocycles. The van der Waals surface area contributed by atoms with E-state index >= 15 is 0 Å². The van der Waals surface area contributed by atoms with E-state index in [2.05, 4.69) is 0 Å². The van der Waals surface area contributed by atoms with Crippen LogP contribution in [-0.2, 0) is 4.74 Å². The molecule has 0 saturated carbocycles. The lowest BCUT2D eigenvalue weighted by molar-refractivity contribution is 0.0526. The fourth-order valence-corrected chi connectivity index (χ4v) is 3.35. The average molecular weight is 490 g/mol. The molecule has 0 fully saturated rings. The molecule has 0 amide bonds. The van der Waals surface area contributed by atoms with Gasteiger partial charge < -0.3 is 28.1 Å². The highest BCUT2D eigenvalue weighted by molar-refractivity contribution is 5.92. The highest BCUT2D eigenvalue weighted by Crippen LogP contribution is 2.29. The third-order valence-corrected chi connectivity index (χ3v) is 5.14. The van der Waals surface area contributed by atoms with Gasteiger partial charge >= 0.3 is 11.9 Å². The molecule has 0 N–H and O–H groups in total. The van der Waals surface area contributed by atoms with Crippen LogP contribution in [0.3, 0.4) is 0 Å². The summed E-state index contributed by atoms with van der Waals surface area (Å²) in [5, 5.41) is 0.238. The van der Waals surface area contributed by atoms with Crippen LogP contribution >= 0.6 is 0 Å². The summed E-state index contributed by atoms with van der Waals surface area (Å²) in [5.41, 5.74) is 0.419. The Bertz CT molecular complexity index is 1470. The second kappa shape index (κ2) is 10.6. The monoisotopic (exact) mass is 490 g/mol. The molecule has 0 aliphatic carbocycles. The van der Waals surface area contributed by atoms with E-state index in [0.29, 0.717) is 22.8 Å². The van der Waals surface area contributed by atoms with E-state index in [4.69, 9.17) is 28.1 Å². The van der Waals surface area contributed by atoms with Crippen molar-refractivity contribution in [3.05, 3.63) is 88.3 Å². The lowest BCUT2D eigenvalue weighted by Crippen LogP contribution is -2.09. The van der Waals surface area contributed by atoms with Crippen LogP contribution in [0, 0.1) is 0 Å². The van der Waals surface area contributed by atoms with Gasteiger partial charge in [0.15, 0.2) is 11.5 Å². The van der Waals surface area contributed by atoms with Crippen LogP contribution in [0.4, 0.5) is 0 Å². The van der Waals surface area contributed by atoms with Gasteiger partial charge in [-0.2, -0.15) is 0 Å². The zero-order valence-corrected chi connectivity index (χ0v) is 19.7. The van der Waals surface area contributed by atoms with E-state index in [-0.39, 0.29) is 34.6 Å². The highest BCUT2D eigenvalue weighted by Gasteiger charge is 2.15. The normalized spacial score (nSPS) is 10.5. The lowest BCUT2D eigenvalue weighted by Gasteiger charge is -2.10. The van der Waals surface area contributed by atoms with Gasteiger partial charge in [0, 0.05) is 6.07 Å². The van der Waals surface area contributed by atoms with Crippen molar-refractivity contribution in [3.8, 4) is 28.7 Å². The van der Waals surface area contributed by atoms with Gasteiger partial charge in [0.2, 0.25) is 11.2 Å². The molecule has 9 heteroatoms. The molecule has 9 nitrogen and oxygen atoms in total. The van der Waals surface area contributed by atoms with Gasteiger partial charge in [-0.3, -0.25) is 4.79 Å². The Balaban J connectivity index is 1.51. The molecule has 1 aromatic heterocycles. The van der Waals surface area contributed by atoms with Crippen molar-refractivity contribution in [3.63, 3.8) is 0 Å². The summed E-state index contributed by atoms with van der Waals surface area (Å²) in [6, 6.07) is 15.2. The second-order valence-corrected chi connectivity index (χ2v) is 7.39. The summed E-state index contributed by atoms with van der Waals surface area (Å²) >= 11 is 0. The van der Waals surface area contributed by atoms with E-state index in [0.717, 1.165) is 0 Å². The lowest BCUT2D eigenvalue weighted by atomic mass is 10.2. The van der Waals surface area contributed by atoms with Gasteiger partial charge in [-0.1, -0.05) is 0 Å². The van der Waals surface area contributed by atoms with Gasteiger partial charge in [-0.25, -0.2) is 9.59 Å². The standard InChI is InChI=1S/C27H22O9/c1-4-33-26(29)16-5-8-18(9-6-16)35-24-15-34-22-14-19(10-11-20(22)25(24)28)36-27(30)17-7-12-21(31-2)23(13-17)32-3/h5-15H,4H2,1-3H3. The maximum absolute atomic E-state index is 12.9. The molecule has 1 heterocycles. The Morgan fingerprint density at radius 3 is 2.17 bits per heavy atom. The molecule has 0 unspecified atom stereocenters. The van der Waals surface area contributed by atoms with Crippen molar-refractivity contribution in [2.24, 2.45) is 0 Å². The summed E-state index contributed by atoms with van der Waals surface area (Å²) in [6.07, 6.45) is 1.17. The van der Waals surface area contributed by atoms with E-state index in [1.54, 1.807) is 31.2 Å². The predicted molar refractivity (Wildman–Crippen MR) is 129 cm³/mol. The largest absolute Gasteiger partial charge is 0.493 e. The highest BCUT2D eigenvalue weighted by atomic mass is 16.5. The van der Waals surface area contributed by atoms with Gasteiger partial charge in [-0.05, 0) is 61.5 Å². The third-order valence-electron chi connectivity index (χ3n) is 5.14. The third kappa shape index (κ3) is 5.15. The summed E-state index contributed by atoms with van der Waals surface area (Å²) < 4.78 is 32.0. The van der Waals surface area contributed by atoms with E-state index in [9.17, 15) is 14.4 Å². The molecule has 0 aliphatic heterocycles. The quantitative estimate of drug-likeness (QED) is 0.249. The first-order chi connectivity index (χ1) is 17.4. The van der Waals surface area contributed by atoms with E-state index in [1.165, 1.54) is 56.9 Å². The van der Waals surface area contributed by atoms with Gasteiger partial charge in [0.1, 0.15) is 23.3 Å². The maximum Gasteiger partial charge on any atom is 0.343 e. The number of carbonyl (C=O) groups is 2. The van der Waals surface area contributed by atoms with Gasteiger partial charge in [0.05, 0.1) is 37.3 Å². The Kier molecular flexibility index (Phi) is 7.20. The first kappa shape index (κ1) is 24.3. The fourth-order valence-electron chi connectivity index (χ4n) is 3.35. The zero-order valence-electron chi connectivity index (χ0n) is 19.7. The first-order valence-corrected chi connectivity index (χ1v) is 10.9. The molecule has 4 aromatic rings. The van der Waals surface area contributed by atoms with Crippen molar-refractivity contribution in [1.29, 1.82) is 0 Å². The van der Waals surface area contributed by atoms with Crippen LogP contribution in [-0.4, -0.2) is 32.8 Å². The Labute approximate surface area is 205 Å². The summed E-state index contributed by atoms with van der Waals surface area (Å²) in [5.74, 6) is 0.292. The molecule has 0 radical (unpaired) electrons. The van der Waals surface area contributed by atoms with Crippen molar-refractivity contribution < 1.29 is 37.7 Å². The molecule has 0 bridgehead atoms. The molecule has 0 spiro atoms. The van der Waals surface area contributed by atoms with Gasteiger partial charge in [-0.15, -0.1) is 0 Å². The van der Waals surface area contributed by atoms with Gasteiger partial charge in [0.25, 0.3) is 0 Å². The van der Waals surface area contributed by atoms with Crippen LogP contribution in [0.25, 0.3) is 11.0 Å². The zero-order chi connectivity index (χ0) is 25.7. The Hall–Kier alpha value is -4.79. The number of hydrogen-bond acceptors (Lipinski definition) is 9. The second-order valence-electron chi connectivity index (χ2n) is 7.39. The number of ether oxygens (including phenoxy) is 5. The van der Waals surface area contributed by atoms with Crippen LogP contribution in [0.5, 0.6) is 28.7 Å². The minimum Gasteiger partial charge on any atom is -0.493 e. The van der Waals surface area contributed by atoms with Crippen LogP contribution in [0.15, 0.2) is 76.1 Å². The Morgan fingerprint density at radius 2 is 1.47 bits per heavy atom. The molecule has 0 atom stereocenters. The van der Waals surface area contributed by atoms with Crippen molar-refractivity contribution in [2.75, 3.05) is 20.8 Å². The smallest absolute Gasteiger partial charge is 0.343 e. The van der Waals surface area contributed by atoms with Crippen LogP contribution in [0.2, 0.25) is 0 Å². The number of rotatable bonds is 8. The molecule has 36 heavy (non-hydrogen) atoms. The average Bonchev–Trinajstić information content (AvgIpc) is 2.90. The molecule has 4 rings (SSSR count). The Morgan fingerprint density at radius 1 is 0.778 bits per heavy atom. The molecule has 184 valence electrons. The number of hydrogen-bond donors (Lipinski definition) is 0. The van der Waals surface area contributed by atoms with Crippen molar-refractivity contribution in [2.45, 2.75) is 6.92 Å². The maximum atomic E-state index is 12.9. The number of benzene rings is 3. The summed E-state index contributed by atoms with van der Waals surface area (Å²) in [4.78, 5) is 37.2. The molecule has 0 aliphatic rings. The van der Waals surface area contributed by atoms with E-state index in [1.807, 2.05) is 0 Å². The SMILES string of the molecule is CCOC(=O)c1ccc(Oc2coc3cc(OC(=O)c4ccc(OC)c(OC)c4)ccc3c2=O)cc1. The minimum absolute atomic E-state index is 0.0403. The number of fused-ring (bicyclic) bond motifs is 1. The summed E-state index contributed by atoms with van der Waals surface area (Å²) in [7, 11) is 2.96. The van der Waals surface area contributed by atoms with Crippen LogP contribution in [0.1, 0.15) is 27.6 Å². The topological polar surface area (TPSA) is 110 Å². The molecular formula is C27H22O9. The predicted octanol–water partition coefficient (Wildman–Crippen LogP) is 5.00. The van der Waals surface area contributed by atoms with Crippen molar-refractivity contribution >= 4 is 22.9 Å². The number of methoxy groups -OCH3 is 2. The first-order valence-electron chi connectivity index (χ1n) is 10.9. The summed E-state index contributed by atoms with van der Waals surface area (Å²) in [6.45, 7) is 1.99. The number of carbonyl (C=O) groups excluding carboxylic acids is 2. The van der Waals surface area contributed by atoms with Crippen LogP contribution < -0.4 is 24.4 Å². The minimum atomic E-state index is -0.621.